The van der Waals surface area contributed by atoms with Crippen LogP contribution in [0.3, 0.4) is 0 Å². The quantitative estimate of drug-likeness (QED) is 0.731. The van der Waals surface area contributed by atoms with Gasteiger partial charge in [0.1, 0.15) is 0 Å². The lowest BCUT2D eigenvalue weighted by Crippen LogP contribution is -2.43. The maximum absolute atomic E-state index is 13.1. The molecule has 110 valence electrons. The third-order valence-electron chi connectivity index (χ3n) is 3.66. The van der Waals surface area contributed by atoms with E-state index in [-0.39, 0.29) is 5.56 Å². The zero-order valence-electron chi connectivity index (χ0n) is 11.2. The number of amides is 1. The predicted molar refractivity (Wildman–Crippen MR) is 73.5 cm³/mol. The minimum atomic E-state index is -4.54. The van der Waals surface area contributed by atoms with Crippen molar-refractivity contribution >= 4 is 21.8 Å². The minimum Gasteiger partial charge on any atom is -0.334 e. The molecule has 6 heteroatoms. The Balaban J connectivity index is 2.45. The highest BCUT2D eigenvalue weighted by Gasteiger charge is 2.40. The van der Waals surface area contributed by atoms with Crippen LogP contribution in [0.25, 0.3) is 0 Å². The Morgan fingerprint density at radius 1 is 1.35 bits per heavy atom. The molecular weight excluding hydrogens is 335 g/mol. The van der Waals surface area contributed by atoms with Crippen molar-refractivity contribution in [3.8, 4) is 0 Å². The van der Waals surface area contributed by atoms with Gasteiger partial charge in [0, 0.05) is 16.6 Å². The highest BCUT2D eigenvalue weighted by Crippen LogP contribution is 2.36. The molecule has 0 radical (unpaired) electrons. The molecule has 0 bridgehead atoms. The average Bonchev–Trinajstić information content (AvgIpc) is 2.67. The number of hydrogen-bond donors (Lipinski definition) is 0. The molecule has 1 aromatic carbocycles. The Morgan fingerprint density at radius 2 is 2.00 bits per heavy atom. The summed E-state index contributed by atoms with van der Waals surface area (Å²) in [5.74, 6) is -0.549. The molecule has 2 nitrogen and oxygen atoms in total. The van der Waals surface area contributed by atoms with Gasteiger partial charge in [-0.3, -0.25) is 4.79 Å². The van der Waals surface area contributed by atoms with Crippen LogP contribution >= 0.6 is 15.9 Å². The number of benzene rings is 1. The third-order valence-corrected chi connectivity index (χ3v) is 4.16. The van der Waals surface area contributed by atoms with Gasteiger partial charge in [0.25, 0.3) is 5.91 Å². The fraction of sp³-hybridized carbons (Fsp3) is 0.500. The molecule has 1 aliphatic heterocycles. The molecule has 0 unspecified atom stereocenters. The molecule has 1 saturated heterocycles. The number of nitrogens with zero attached hydrogens (tertiary/aromatic N) is 1. The molecule has 1 aromatic rings. The Hall–Kier alpha value is -1.04. The first-order valence-corrected chi connectivity index (χ1v) is 7.11. The van der Waals surface area contributed by atoms with E-state index in [1.807, 2.05) is 13.8 Å². The van der Waals surface area contributed by atoms with Gasteiger partial charge in [0.15, 0.2) is 0 Å². The van der Waals surface area contributed by atoms with Crippen LogP contribution in [0.15, 0.2) is 22.7 Å². The first-order valence-electron chi connectivity index (χ1n) is 6.32. The van der Waals surface area contributed by atoms with Crippen molar-refractivity contribution in [2.24, 2.45) is 0 Å². The Bertz CT molecular complexity index is 540. The zero-order chi connectivity index (χ0) is 15.1. The van der Waals surface area contributed by atoms with Gasteiger partial charge in [-0.25, -0.2) is 0 Å². The van der Waals surface area contributed by atoms with Crippen LogP contribution < -0.4 is 0 Å². The molecule has 0 N–H and O–H groups in total. The number of carbonyl (C=O) groups is 1. The van der Waals surface area contributed by atoms with Crippen molar-refractivity contribution in [2.75, 3.05) is 6.54 Å². The van der Waals surface area contributed by atoms with Gasteiger partial charge >= 0.3 is 6.18 Å². The molecule has 20 heavy (non-hydrogen) atoms. The molecule has 1 aliphatic rings. The van der Waals surface area contributed by atoms with Crippen LogP contribution in [0, 0.1) is 0 Å². The van der Waals surface area contributed by atoms with Gasteiger partial charge < -0.3 is 4.90 Å². The lowest BCUT2D eigenvalue weighted by molar-refractivity contribution is -0.138. The monoisotopic (exact) mass is 349 g/mol. The van der Waals surface area contributed by atoms with Gasteiger partial charge in [-0.15, -0.1) is 0 Å². The van der Waals surface area contributed by atoms with Crippen molar-refractivity contribution in [2.45, 2.75) is 38.4 Å². The minimum absolute atomic E-state index is 0.282. The lowest BCUT2D eigenvalue weighted by Gasteiger charge is -2.32. The molecule has 0 saturated carbocycles. The van der Waals surface area contributed by atoms with E-state index in [1.54, 1.807) is 0 Å². The number of halogens is 4. The topological polar surface area (TPSA) is 20.3 Å². The molecule has 1 fully saturated rings. The second-order valence-corrected chi connectivity index (χ2v) is 6.48. The number of rotatable bonds is 1. The van der Waals surface area contributed by atoms with E-state index in [4.69, 9.17) is 0 Å². The highest BCUT2D eigenvalue weighted by molar-refractivity contribution is 9.10. The Morgan fingerprint density at radius 3 is 2.50 bits per heavy atom. The summed E-state index contributed by atoms with van der Waals surface area (Å²) in [4.78, 5) is 14.0. The average molecular weight is 350 g/mol. The number of likely N-dealkylation sites (tertiary alicyclic amines) is 1. The fourth-order valence-corrected chi connectivity index (χ4v) is 2.93. The molecule has 0 aromatic heterocycles. The van der Waals surface area contributed by atoms with Crippen LogP contribution in [0.5, 0.6) is 0 Å². The first-order chi connectivity index (χ1) is 9.13. The van der Waals surface area contributed by atoms with E-state index in [0.29, 0.717) is 11.0 Å². The third kappa shape index (κ3) is 2.85. The van der Waals surface area contributed by atoms with E-state index in [9.17, 15) is 18.0 Å². The fourth-order valence-electron chi connectivity index (χ4n) is 2.57. The maximum Gasteiger partial charge on any atom is 0.417 e. The molecule has 1 amide bonds. The SMILES string of the molecule is CC1(C)CCCN1C(=O)c1ccc(Br)cc1C(F)(F)F. The van der Waals surface area contributed by atoms with Crippen LogP contribution in [-0.2, 0) is 6.18 Å². The first kappa shape index (κ1) is 15.4. The van der Waals surface area contributed by atoms with Crippen LogP contribution in [0.4, 0.5) is 13.2 Å². The molecule has 0 aliphatic carbocycles. The summed E-state index contributed by atoms with van der Waals surface area (Å²) in [5.41, 5.74) is -1.57. The summed E-state index contributed by atoms with van der Waals surface area (Å²) in [6, 6.07) is 3.66. The number of carbonyl (C=O) groups excluding carboxylic acids is 1. The molecular formula is C14H15BrF3NO. The van der Waals surface area contributed by atoms with Crippen molar-refractivity contribution < 1.29 is 18.0 Å². The summed E-state index contributed by atoms with van der Waals surface area (Å²) >= 11 is 3.02. The smallest absolute Gasteiger partial charge is 0.334 e. The van der Waals surface area contributed by atoms with Crippen molar-refractivity contribution in [1.29, 1.82) is 0 Å². The number of hydrogen-bond acceptors (Lipinski definition) is 1. The standard InChI is InChI=1S/C14H15BrF3NO/c1-13(2)6-3-7-19(13)12(20)10-5-4-9(15)8-11(10)14(16,17)18/h4-5,8H,3,6-7H2,1-2H3. The van der Waals surface area contributed by atoms with Gasteiger partial charge in [0.2, 0.25) is 0 Å². The van der Waals surface area contributed by atoms with Crippen LogP contribution in [0.1, 0.15) is 42.6 Å². The summed E-state index contributed by atoms with van der Waals surface area (Å²) in [6.45, 7) is 4.26. The van der Waals surface area contributed by atoms with Gasteiger partial charge in [-0.05, 0) is 44.9 Å². The Labute approximate surface area is 124 Å². The van der Waals surface area contributed by atoms with E-state index in [0.717, 1.165) is 18.9 Å². The number of alkyl halides is 3. The van der Waals surface area contributed by atoms with Gasteiger partial charge in [-0.1, -0.05) is 15.9 Å². The molecule has 0 atom stereocenters. The largest absolute Gasteiger partial charge is 0.417 e. The van der Waals surface area contributed by atoms with Crippen molar-refractivity contribution in [3.05, 3.63) is 33.8 Å². The van der Waals surface area contributed by atoms with Crippen LogP contribution in [-0.4, -0.2) is 22.9 Å². The van der Waals surface area contributed by atoms with Gasteiger partial charge in [0.05, 0.1) is 11.1 Å². The van der Waals surface area contributed by atoms with E-state index in [1.165, 1.54) is 17.0 Å². The van der Waals surface area contributed by atoms with Crippen LogP contribution in [0.2, 0.25) is 0 Å². The van der Waals surface area contributed by atoms with Gasteiger partial charge in [-0.2, -0.15) is 13.2 Å². The Kier molecular flexibility index (Phi) is 3.88. The second kappa shape index (κ2) is 5.06. The highest BCUT2D eigenvalue weighted by atomic mass is 79.9. The summed E-state index contributed by atoms with van der Waals surface area (Å²) in [5, 5.41) is 0. The lowest BCUT2D eigenvalue weighted by atomic mass is 10.00. The second-order valence-electron chi connectivity index (χ2n) is 5.56. The summed E-state index contributed by atoms with van der Waals surface area (Å²) in [7, 11) is 0. The maximum atomic E-state index is 13.1. The summed E-state index contributed by atoms with van der Waals surface area (Å²) < 4.78 is 39.5. The normalized spacial score (nSPS) is 18.4. The van der Waals surface area contributed by atoms with E-state index < -0.39 is 23.2 Å². The van der Waals surface area contributed by atoms with E-state index in [2.05, 4.69) is 15.9 Å². The zero-order valence-corrected chi connectivity index (χ0v) is 12.8. The van der Waals surface area contributed by atoms with Crippen molar-refractivity contribution in [1.82, 2.24) is 4.90 Å². The molecule has 0 spiro atoms. The predicted octanol–water partition coefficient (Wildman–Crippen LogP) is 4.48. The molecule has 2 rings (SSSR count). The summed E-state index contributed by atoms with van der Waals surface area (Å²) in [6.07, 6.45) is -2.92. The van der Waals surface area contributed by atoms with E-state index >= 15 is 0 Å². The van der Waals surface area contributed by atoms with Crippen molar-refractivity contribution in [3.63, 3.8) is 0 Å². The molecule has 1 heterocycles.